The number of rotatable bonds is 6. The summed E-state index contributed by atoms with van der Waals surface area (Å²) < 4.78 is 20.9. The monoisotopic (exact) mass is 1430 g/mol. The van der Waals surface area contributed by atoms with Crippen LogP contribution in [0, 0.1) is 3.57 Å². The van der Waals surface area contributed by atoms with Crippen LogP contribution >= 0.6 is 54.5 Å². The van der Waals surface area contributed by atoms with Crippen molar-refractivity contribution in [3.05, 3.63) is 302 Å². The molecule has 450 valence electrons. The van der Waals surface area contributed by atoms with Gasteiger partial charge in [0, 0.05) is 56.3 Å². The van der Waals surface area contributed by atoms with Gasteiger partial charge in [0.1, 0.15) is 0 Å². The van der Waals surface area contributed by atoms with Crippen molar-refractivity contribution in [1.82, 2.24) is 9.13 Å². The molecule has 0 spiro atoms. The van der Waals surface area contributed by atoms with E-state index < -0.39 is 0 Å². The van der Waals surface area contributed by atoms with Crippen LogP contribution in [0.5, 0.6) is 0 Å². The Kier molecular flexibility index (Phi) is 15.2. The van der Waals surface area contributed by atoms with E-state index in [4.69, 9.17) is 9.31 Å². The van der Waals surface area contributed by atoms with Gasteiger partial charge in [-0.1, -0.05) is 217 Å². The molecule has 2 aromatic heterocycles. The Morgan fingerprint density at radius 3 is 1.18 bits per heavy atom. The molecule has 3 heterocycles. The molecule has 0 N–H and O–H groups in total. The Morgan fingerprint density at radius 2 is 0.685 bits per heavy atom. The molecule has 1 fully saturated rings. The first kappa shape index (κ1) is 60.2. The molecular weight excluding hydrogens is 1370 g/mol. The highest BCUT2D eigenvalue weighted by atomic mass is 127. The lowest BCUT2D eigenvalue weighted by Crippen LogP contribution is -2.41. The predicted molar refractivity (Wildman–Crippen MR) is 403 cm³/mol. The van der Waals surface area contributed by atoms with Crippen LogP contribution in [0.2, 0.25) is 0 Å². The normalized spacial score (nSPS) is 15.1. The largest absolute Gasteiger partial charge is 0.494 e. The molecule has 0 bridgehead atoms. The van der Waals surface area contributed by atoms with Gasteiger partial charge in [-0.25, -0.2) is 0 Å². The third-order valence-electron chi connectivity index (χ3n) is 19.9. The zero-order valence-electron chi connectivity index (χ0n) is 52.8. The van der Waals surface area contributed by atoms with E-state index in [1.165, 1.54) is 131 Å². The molecule has 0 saturated carbocycles. The first-order valence-corrected chi connectivity index (χ1v) is 34.3. The summed E-state index contributed by atoms with van der Waals surface area (Å²) in [6, 6.07) is 96.7. The molecule has 17 rings (SSSR count). The third-order valence-corrected chi connectivity index (χ3v) is 21.5. The smallest absolute Gasteiger partial charge is 0.399 e. The number of hydrogen-bond donors (Lipinski definition) is 0. The van der Waals surface area contributed by atoms with E-state index in [9.17, 15) is 0 Å². The van der Waals surface area contributed by atoms with Gasteiger partial charge >= 0.3 is 7.12 Å². The second-order valence-electron chi connectivity index (χ2n) is 26.7. The van der Waals surface area contributed by atoms with Crippen LogP contribution < -0.4 is 5.46 Å². The van der Waals surface area contributed by atoms with Crippen LogP contribution in [0.25, 0.3) is 111 Å². The number of halogens is 3. The standard InChI is InChI=1S/C39H28BrN.C30H28BNO2.C15H12BrI/c1-39(2)35-23-28(15-18-31(35)32-19-17-29(40)24-36(32)39)26-10-8-9-25(21-26)27-16-20-38-34(22-27)33-13-6-7-14-37(33)41(38)30-11-4-3-5-12-30;1-29(2)30(3,4)34-31(33-29)23-12-10-11-21(19-23)22-17-18-28-26(20-22)25-15-8-9-16-27(25)32(28)24-13-6-5-7-14-24;1-15(2)13-7-9(16)3-5-11(13)12-6-4-10(17)8-14(12)15/h3-24H,1-2H3;5-20H,1-4H3;3-8H,1-2H3. The summed E-state index contributed by atoms with van der Waals surface area (Å²) in [4.78, 5) is 0. The zero-order chi connectivity index (χ0) is 63.4. The van der Waals surface area contributed by atoms with E-state index in [-0.39, 0.29) is 29.2 Å². The molecule has 1 aliphatic heterocycles. The van der Waals surface area contributed by atoms with Crippen molar-refractivity contribution in [3.63, 3.8) is 0 Å². The maximum absolute atomic E-state index is 6.30. The van der Waals surface area contributed by atoms with Crippen LogP contribution in [0.4, 0.5) is 0 Å². The Morgan fingerprint density at radius 1 is 0.315 bits per heavy atom. The van der Waals surface area contributed by atoms with Crippen LogP contribution in [0.3, 0.4) is 0 Å². The molecule has 0 atom stereocenters. The predicted octanol–water partition coefficient (Wildman–Crippen LogP) is 23.3. The Bertz CT molecular complexity index is 5170. The Hall–Kier alpha value is -8.09. The maximum atomic E-state index is 6.30. The molecule has 3 aliphatic rings. The number of aromatic nitrogens is 2. The van der Waals surface area contributed by atoms with E-state index in [1.54, 1.807) is 0 Å². The van der Waals surface area contributed by atoms with Gasteiger partial charge < -0.3 is 18.4 Å². The molecule has 8 heteroatoms. The average Bonchev–Trinajstić information content (AvgIpc) is 1.61. The van der Waals surface area contributed by atoms with E-state index in [2.05, 4.69) is 386 Å². The van der Waals surface area contributed by atoms with Crippen LogP contribution in [-0.4, -0.2) is 27.5 Å². The van der Waals surface area contributed by atoms with Crippen LogP contribution in [-0.2, 0) is 20.1 Å². The van der Waals surface area contributed by atoms with Gasteiger partial charge in [0.25, 0.3) is 0 Å². The number of fused-ring (bicyclic) bond motifs is 12. The Balaban J connectivity index is 0.000000124. The quantitative estimate of drug-likeness (QED) is 0.123. The molecule has 0 radical (unpaired) electrons. The number of benzene rings is 12. The van der Waals surface area contributed by atoms with Gasteiger partial charge in [-0.3, -0.25) is 0 Å². The summed E-state index contributed by atoms with van der Waals surface area (Å²) in [5, 5.41) is 5.05. The molecule has 4 nitrogen and oxygen atoms in total. The fraction of sp³-hybridized carbons (Fsp3) is 0.143. The van der Waals surface area contributed by atoms with Gasteiger partial charge in [-0.2, -0.15) is 0 Å². The number of para-hydroxylation sites is 4. The van der Waals surface area contributed by atoms with Crippen molar-refractivity contribution in [2.45, 2.75) is 77.4 Å². The van der Waals surface area contributed by atoms with Gasteiger partial charge in [-0.05, 0) is 243 Å². The lowest BCUT2D eigenvalue weighted by atomic mass is 9.78. The van der Waals surface area contributed by atoms with Crippen LogP contribution in [0.1, 0.15) is 77.6 Å². The minimum absolute atomic E-state index is 0.0416. The van der Waals surface area contributed by atoms with E-state index >= 15 is 0 Å². The number of nitrogens with zero attached hydrogens (tertiary/aromatic N) is 2. The van der Waals surface area contributed by atoms with E-state index in [1.807, 2.05) is 0 Å². The summed E-state index contributed by atoms with van der Waals surface area (Å²) >= 11 is 9.64. The second-order valence-corrected chi connectivity index (χ2v) is 29.8. The maximum Gasteiger partial charge on any atom is 0.494 e. The highest BCUT2D eigenvalue weighted by Gasteiger charge is 2.52. The van der Waals surface area contributed by atoms with Crippen LogP contribution in [0.15, 0.2) is 276 Å². The summed E-state index contributed by atoms with van der Waals surface area (Å²) in [5.41, 5.74) is 26.0. The first-order chi connectivity index (χ1) is 44.3. The topological polar surface area (TPSA) is 28.3 Å². The van der Waals surface area contributed by atoms with Gasteiger partial charge in [0.2, 0.25) is 0 Å². The summed E-state index contributed by atoms with van der Waals surface area (Å²) in [7, 11) is -0.367. The first-order valence-electron chi connectivity index (χ1n) is 31.6. The molecule has 0 unspecified atom stereocenters. The van der Waals surface area contributed by atoms with E-state index in [0.29, 0.717) is 0 Å². The minimum Gasteiger partial charge on any atom is -0.399 e. The third kappa shape index (κ3) is 10.4. The summed E-state index contributed by atoms with van der Waals surface area (Å²) in [5.74, 6) is 0. The molecule has 0 amide bonds. The highest BCUT2D eigenvalue weighted by Crippen LogP contribution is 2.52. The van der Waals surface area contributed by atoms with E-state index in [0.717, 1.165) is 20.0 Å². The lowest BCUT2D eigenvalue weighted by molar-refractivity contribution is 0.00578. The summed E-state index contributed by atoms with van der Waals surface area (Å²) in [6.45, 7) is 17.7. The Labute approximate surface area is 570 Å². The van der Waals surface area contributed by atoms with Crippen molar-refractivity contribution >= 4 is 111 Å². The molecule has 1 saturated heterocycles. The van der Waals surface area contributed by atoms with Crippen molar-refractivity contribution in [2.75, 3.05) is 0 Å². The fourth-order valence-corrected chi connectivity index (χ4v) is 15.5. The highest BCUT2D eigenvalue weighted by molar-refractivity contribution is 14.1. The van der Waals surface area contributed by atoms with Crippen molar-refractivity contribution in [1.29, 1.82) is 0 Å². The second kappa shape index (κ2) is 23.2. The van der Waals surface area contributed by atoms with Gasteiger partial charge in [0.15, 0.2) is 0 Å². The minimum atomic E-state index is -0.367. The average molecular weight is 1440 g/mol. The molecule has 12 aromatic carbocycles. The molecule has 2 aliphatic carbocycles. The fourth-order valence-electron chi connectivity index (χ4n) is 14.3. The summed E-state index contributed by atoms with van der Waals surface area (Å²) in [6.07, 6.45) is 0. The van der Waals surface area contributed by atoms with Crippen molar-refractivity contribution in [3.8, 4) is 67.0 Å². The number of hydrogen-bond acceptors (Lipinski definition) is 2. The van der Waals surface area contributed by atoms with Gasteiger partial charge in [-0.15, -0.1) is 0 Å². The SMILES string of the molecule is CC1(C)OB(c2cccc(-c3ccc4c(c3)c3ccccc3n4-c3ccccc3)c2)OC1(C)C.CC1(C)c2cc(Br)ccc2-c2ccc(-c3cccc(-c4ccc5c(c4)c4ccccc4n5-c4ccccc4)c3)cc21.CC1(C)c2cc(Br)ccc2-c2ccc(I)cc21. The molecular formula is C84H68BBr2IN2O2. The van der Waals surface area contributed by atoms with Crippen molar-refractivity contribution < 1.29 is 9.31 Å². The van der Waals surface area contributed by atoms with Crippen molar-refractivity contribution in [2.24, 2.45) is 0 Å². The lowest BCUT2D eigenvalue weighted by Gasteiger charge is -2.32. The molecule has 92 heavy (non-hydrogen) atoms. The zero-order valence-corrected chi connectivity index (χ0v) is 58.2. The van der Waals surface area contributed by atoms with Gasteiger partial charge in [0.05, 0.1) is 33.3 Å². The molecule has 14 aromatic rings.